The Bertz CT molecular complexity index is 1150. The summed E-state index contributed by atoms with van der Waals surface area (Å²) in [4.78, 5) is 30.6. The van der Waals surface area contributed by atoms with Crippen molar-refractivity contribution in [1.82, 2.24) is 19.8 Å². The van der Waals surface area contributed by atoms with Gasteiger partial charge in [-0.25, -0.2) is 4.98 Å². The molecule has 33 heavy (non-hydrogen) atoms. The molecule has 1 saturated heterocycles. The first-order valence-corrected chi connectivity index (χ1v) is 10.6. The number of nitrogens with one attached hydrogen (secondary N) is 2. The molecule has 0 atom stereocenters. The lowest BCUT2D eigenvalue weighted by atomic mass is 10.0. The summed E-state index contributed by atoms with van der Waals surface area (Å²) in [5.74, 6) is -2.67. The Labute approximate surface area is 188 Å². The second kappa shape index (κ2) is 9.22. The fourth-order valence-corrected chi connectivity index (χ4v) is 4.05. The van der Waals surface area contributed by atoms with Crippen LogP contribution in [0.3, 0.4) is 0 Å². The highest BCUT2D eigenvalue weighted by molar-refractivity contribution is 6.39. The molecule has 1 aliphatic heterocycles. The topological polar surface area (TPSA) is 79.3 Å². The van der Waals surface area contributed by atoms with Crippen LogP contribution in [0.1, 0.15) is 24.2 Å². The van der Waals surface area contributed by atoms with Gasteiger partial charge in [0, 0.05) is 38.4 Å². The molecule has 1 aliphatic rings. The molecular weight excluding hydrogens is 435 g/mol. The molecule has 0 aliphatic carbocycles. The third kappa shape index (κ3) is 5.33. The lowest BCUT2D eigenvalue weighted by Crippen LogP contribution is -2.47. The van der Waals surface area contributed by atoms with Crippen molar-refractivity contribution in [3.63, 3.8) is 0 Å². The van der Waals surface area contributed by atoms with Crippen LogP contribution in [0.25, 0.3) is 11.0 Å². The van der Waals surface area contributed by atoms with Crippen molar-refractivity contribution >= 4 is 28.5 Å². The summed E-state index contributed by atoms with van der Waals surface area (Å²) >= 11 is 0. The molecule has 0 radical (unpaired) electrons. The van der Waals surface area contributed by atoms with Crippen molar-refractivity contribution in [3.8, 4) is 0 Å². The third-order valence-electron chi connectivity index (χ3n) is 5.77. The number of anilines is 1. The number of nitrogens with zero attached hydrogens (tertiary/aromatic N) is 3. The number of rotatable bonds is 4. The molecule has 1 aromatic heterocycles. The number of aromatic nitrogens is 2. The first-order valence-electron chi connectivity index (χ1n) is 10.6. The summed E-state index contributed by atoms with van der Waals surface area (Å²) in [6, 6.07) is 14.2. The quantitative estimate of drug-likeness (QED) is 0.587. The van der Waals surface area contributed by atoms with Crippen LogP contribution in [0.5, 0.6) is 0 Å². The molecule has 0 unspecified atom stereocenters. The van der Waals surface area contributed by atoms with Crippen LogP contribution in [0, 0.1) is 0 Å². The van der Waals surface area contributed by atoms with Crippen molar-refractivity contribution in [2.75, 3.05) is 18.4 Å². The predicted octanol–water partition coefficient (Wildman–Crippen LogP) is 3.31. The molecular formula is C23H24F3N5O2. The maximum absolute atomic E-state index is 13.1. The normalized spacial score (nSPS) is 15.5. The minimum atomic E-state index is -4.59. The van der Waals surface area contributed by atoms with Crippen molar-refractivity contribution in [2.45, 2.75) is 31.6 Å². The highest BCUT2D eigenvalue weighted by Crippen LogP contribution is 2.31. The van der Waals surface area contributed by atoms with Crippen LogP contribution in [0.4, 0.5) is 18.9 Å². The standard InChI is InChI=1S/C23H24F3N5O2/c1-30-19-8-7-17(13-18(19)29-22(30)23(24,25)26)28-21(33)20(32)27-16-9-11-31(12-10-16)14-15-5-3-2-4-6-15/h2-8,13,16H,9-12,14H2,1H3,(H,27,32)(H,28,33). The number of hydrogen-bond acceptors (Lipinski definition) is 4. The molecule has 2 heterocycles. The fraction of sp³-hybridized carbons (Fsp3) is 0.348. The third-order valence-corrected chi connectivity index (χ3v) is 5.77. The average Bonchev–Trinajstić information content (AvgIpc) is 3.12. The maximum Gasteiger partial charge on any atom is 0.449 e. The van der Waals surface area contributed by atoms with E-state index in [1.807, 2.05) is 18.2 Å². The van der Waals surface area contributed by atoms with Gasteiger partial charge < -0.3 is 15.2 Å². The predicted molar refractivity (Wildman–Crippen MR) is 117 cm³/mol. The van der Waals surface area contributed by atoms with Gasteiger partial charge in [0.25, 0.3) is 0 Å². The van der Waals surface area contributed by atoms with E-state index in [9.17, 15) is 22.8 Å². The number of likely N-dealkylation sites (tertiary alicyclic amines) is 1. The number of aryl methyl sites for hydroxylation is 1. The van der Waals surface area contributed by atoms with Crippen LogP contribution in [-0.2, 0) is 29.4 Å². The van der Waals surface area contributed by atoms with E-state index in [1.165, 1.54) is 30.8 Å². The lowest BCUT2D eigenvalue weighted by Gasteiger charge is -2.32. The fourth-order valence-electron chi connectivity index (χ4n) is 4.05. The van der Waals surface area contributed by atoms with Crippen LogP contribution < -0.4 is 10.6 Å². The van der Waals surface area contributed by atoms with Gasteiger partial charge in [-0.2, -0.15) is 13.2 Å². The number of carbonyl (C=O) groups is 2. The van der Waals surface area contributed by atoms with E-state index in [-0.39, 0.29) is 22.8 Å². The smallest absolute Gasteiger partial charge is 0.345 e. The summed E-state index contributed by atoms with van der Waals surface area (Å²) in [6.45, 7) is 2.45. The van der Waals surface area contributed by atoms with Crippen molar-refractivity contribution in [1.29, 1.82) is 0 Å². The summed E-state index contributed by atoms with van der Waals surface area (Å²) in [6.07, 6.45) is -3.13. The highest BCUT2D eigenvalue weighted by atomic mass is 19.4. The first kappa shape index (κ1) is 22.8. The summed E-state index contributed by atoms with van der Waals surface area (Å²) in [5.41, 5.74) is 1.78. The number of carbonyl (C=O) groups excluding carboxylic acids is 2. The van der Waals surface area contributed by atoms with Gasteiger partial charge in [0.15, 0.2) is 0 Å². The molecule has 10 heteroatoms. The van der Waals surface area contributed by atoms with E-state index in [1.54, 1.807) is 0 Å². The monoisotopic (exact) mass is 459 g/mol. The first-order chi connectivity index (χ1) is 15.7. The Hall–Kier alpha value is -3.40. The zero-order chi connectivity index (χ0) is 23.6. The molecule has 4 rings (SSSR count). The SMILES string of the molecule is Cn1c(C(F)(F)F)nc2cc(NC(=O)C(=O)NC3CCN(Cc4ccccc4)CC3)ccc21. The van der Waals surface area contributed by atoms with Gasteiger partial charge in [0.2, 0.25) is 5.82 Å². The van der Waals surface area contributed by atoms with E-state index in [2.05, 4.69) is 32.7 Å². The summed E-state index contributed by atoms with van der Waals surface area (Å²) in [7, 11) is 1.27. The number of fused-ring (bicyclic) bond motifs is 1. The van der Waals surface area contributed by atoms with E-state index in [0.717, 1.165) is 37.0 Å². The van der Waals surface area contributed by atoms with E-state index in [0.29, 0.717) is 0 Å². The zero-order valence-corrected chi connectivity index (χ0v) is 18.0. The van der Waals surface area contributed by atoms with Crippen molar-refractivity contribution in [3.05, 3.63) is 59.9 Å². The Morgan fingerprint density at radius 3 is 2.42 bits per heavy atom. The zero-order valence-electron chi connectivity index (χ0n) is 18.0. The minimum absolute atomic E-state index is 0.0776. The Kier molecular flexibility index (Phi) is 6.37. The maximum atomic E-state index is 13.1. The molecule has 0 saturated carbocycles. The van der Waals surface area contributed by atoms with Gasteiger partial charge in [-0.05, 0) is 36.6 Å². The largest absolute Gasteiger partial charge is 0.449 e. The minimum Gasteiger partial charge on any atom is -0.345 e. The number of benzene rings is 2. The second-order valence-corrected chi connectivity index (χ2v) is 8.16. The molecule has 7 nitrogen and oxygen atoms in total. The van der Waals surface area contributed by atoms with Gasteiger partial charge >= 0.3 is 18.0 Å². The van der Waals surface area contributed by atoms with Crippen molar-refractivity contribution < 1.29 is 22.8 Å². The summed E-state index contributed by atoms with van der Waals surface area (Å²) in [5, 5.41) is 5.19. The Balaban J connectivity index is 1.31. The summed E-state index contributed by atoms with van der Waals surface area (Å²) < 4.78 is 40.1. The van der Waals surface area contributed by atoms with Crippen LogP contribution in [-0.4, -0.2) is 45.4 Å². The Morgan fingerprint density at radius 2 is 1.76 bits per heavy atom. The van der Waals surface area contributed by atoms with Gasteiger partial charge in [-0.15, -0.1) is 0 Å². The molecule has 0 spiro atoms. The Morgan fingerprint density at radius 1 is 1.06 bits per heavy atom. The van der Waals surface area contributed by atoms with Crippen molar-refractivity contribution in [2.24, 2.45) is 7.05 Å². The molecule has 2 N–H and O–H groups in total. The van der Waals surface area contributed by atoms with Gasteiger partial charge in [-0.1, -0.05) is 30.3 Å². The number of piperidine rings is 1. The number of amides is 2. The van der Waals surface area contributed by atoms with Crippen LogP contribution >= 0.6 is 0 Å². The number of imidazole rings is 1. The molecule has 2 aromatic carbocycles. The van der Waals surface area contributed by atoms with E-state index >= 15 is 0 Å². The lowest BCUT2D eigenvalue weighted by molar-refractivity contribution is -0.146. The number of halogens is 3. The number of hydrogen-bond donors (Lipinski definition) is 2. The molecule has 1 fully saturated rings. The molecule has 3 aromatic rings. The van der Waals surface area contributed by atoms with E-state index in [4.69, 9.17) is 0 Å². The average molecular weight is 459 g/mol. The van der Waals surface area contributed by atoms with E-state index < -0.39 is 23.8 Å². The second-order valence-electron chi connectivity index (χ2n) is 8.16. The molecule has 0 bridgehead atoms. The van der Waals surface area contributed by atoms with Gasteiger partial charge in [0.1, 0.15) is 0 Å². The molecule has 2 amide bonds. The molecule has 174 valence electrons. The van der Waals surface area contributed by atoms with Crippen LogP contribution in [0.15, 0.2) is 48.5 Å². The van der Waals surface area contributed by atoms with Gasteiger partial charge in [0.05, 0.1) is 11.0 Å². The number of alkyl halides is 3. The highest BCUT2D eigenvalue weighted by Gasteiger charge is 2.36. The van der Waals surface area contributed by atoms with Gasteiger partial charge in [-0.3, -0.25) is 14.5 Å². The van der Waals surface area contributed by atoms with Crippen LogP contribution in [0.2, 0.25) is 0 Å².